The van der Waals surface area contributed by atoms with E-state index < -0.39 is 0 Å². The molecule has 0 radical (unpaired) electrons. The Morgan fingerprint density at radius 1 is 1.32 bits per heavy atom. The molecule has 2 unspecified atom stereocenters. The summed E-state index contributed by atoms with van der Waals surface area (Å²) in [7, 11) is 3.76. The second-order valence-corrected chi connectivity index (χ2v) is 4.72. The highest BCUT2D eigenvalue weighted by Gasteiger charge is 2.23. The van der Waals surface area contributed by atoms with E-state index in [2.05, 4.69) is 18.0 Å². The van der Waals surface area contributed by atoms with Crippen LogP contribution in [0.2, 0.25) is 0 Å². The van der Waals surface area contributed by atoms with Crippen molar-refractivity contribution in [3.63, 3.8) is 0 Å². The number of ether oxygens (including phenoxy) is 2. The molecule has 0 saturated heterocycles. The Labute approximate surface area is 116 Å². The average molecular weight is 266 g/mol. The van der Waals surface area contributed by atoms with E-state index in [0.29, 0.717) is 6.61 Å². The zero-order valence-electron chi connectivity index (χ0n) is 12.4. The van der Waals surface area contributed by atoms with E-state index in [9.17, 15) is 0 Å². The number of hydrogen-bond acceptors (Lipinski definition) is 4. The molecule has 0 aromatic heterocycles. The Hall–Kier alpha value is -1.10. The fraction of sp³-hybridized carbons (Fsp3) is 0.600. The smallest absolute Gasteiger partial charge is 0.123 e. The number of methoxy groups -OCH3 is 1. The van der Waals surface area contributed by atoms with Gasteiger partial charge in [0.15, 0.2) is 0 Å². The van der Waals surface area contributed by atoms with E-state index in [1.165, 1.54) is 0 Å². The summed E-state index contributed by atoms with van der Waals surface area (Å²) in [4.78, 5) is 2.22. The van der Waals surface area contributed by atoms with Crippen molar-refractivity contribution in [1.29, 1.82) is 0 Å². The normalized spacial score (nSPS) is 14.4. The van der Waals surface area contributed by atoms with Gasteiger partial charge in [0.05, 0.1) is 19.8 Å². The summed E-state index contributed by atoms with van der Waals surface area (Å²) in [6, 6.07) is 8.18. The molecule has 0 amide bonds. The van der Waals surface area contributed by atoms with Gasteiger partial charge in [-0.25, -0.2) is 0 Å². The lowest BCUT2D eigenvalue weighted by Gasteiger charge is -2.32. The van der Waals surface area contributed by atoms with Crippen LogP contribution in [0.25, 0.3) is 0 Å². The van der Waals surface area contributed by atoms with Gasteiger partial charge >= 0.3 is 0 Å². The molecule has 0 saturated carbocycles. The van der Waals surface area contributed by atoms with Crippen LogP contribution in [-0.4, -0.2) is 44.9 Å². The summed E-state index contributed by atoms with van der Waals surface area (Å²) in [5.74, 6) is 0.882. The first-order chi connectivity index (χ1) is 9.11. The van der Waals surface area contributed by atoms with Crippen molar-refractivity contribution in [2.24, 2.45) is 5.73 Å². The first-order valence-electron chi connectivity index (χ1n) is 6.78. The summed E-state index contributed by atoms with van der Waals surface area (Å²) in [5, 5.41) is 0. The predicted molar refractivity (Wildman–Crippen MR) is 78.5 cm³/mol. The Morgan fingerprint density at radius 2 is 2.00 bits per heavy atom. The topological polar surface area (TPSA) is 47.7 Å². The minimum absolute atomic E-state index is 0.0166. The lowest BCUT2D eigenvalue weighted by Crippen LogP contribution is -2.39. The SMILES string of the molecule is CCOCCN(C)C(c1ccccc1OC)C(C)N. The van der Waals surface area contributed by atoms with Crippen LogP contribution in [0, 0.1) is 0 Å². The first-order valence-corrected chi connectivity index (χ1v) is 6.78. The second kappa shape index (κ2) is 8.15. The molecule has 4 heteroatoms. The number of rotatable bonds is 8. The highest BCUT2D eigenvalue weighted by molar-refractivity contribution is 5.36. The van der Waals surface area contributed by atoms with Crippen LogP contribution in [0.3, 0.4) is 0 Å². The largest absolute Gasteiger partial charge is 0.496 e. The van der Waals surface area contributed by atoms with E-state index >= 15 is 0 Å². The van der Waals surface area contributed by atoms with Gasteiger partial charge in [-0.15, -0.1) is 0 Å². The van der Waals surface area contributed by atoms with Gasteiger partial charge in [0.25, 0.3) is 0 Å². The number of nitrogens with zero attached hydrogens (tertiary/aromatic N) is 1. The maximum absolute atomic E-state index is 6.16. The second-order valence-electron chi connectivity index (χ2n) is 4.72. The molecule has 2 atom stereocenters. The van der Waals surface area contributed by atoms with Crippen LogP contribution in [-0.2, 0) is 4.74 Å². The average Bonchev–Trinajstić information content (AvgIpc) is 2.39. The highest BCUT2D eigenvalue weighted by Crippen LogP contribution is 2.30. The Morgan fingerprint density at radius 3 is 2.58 bits per heavy atom. The molecule has 0 heterocycles. The van der Waals surface area contributed by atoms with Crippen LogP contribution < -0.4 is 10.5 Å². The number of benzene rings is 1. The minimum atomic E-state index is 0.0166. The predicted octanol–water partition coefficient (Wildman–Crippen LogP) is 2.05. The highest BCUT2D eigenvalue weighted by atomic mass is 16.5. The van der Waals surface area contributed by atoms with Crippen LogP contribution in [0.1, 0.15) is 25.5 Å². The molecule has 0 spiro atoms. The third-order valence-electron chi connectivity index (χ3n) is 3.22. The summed E-state index contributed by atoms with van der Waals surface area (Å²) in [5.41, 5.74) is 7.28. The Balaban J connectivity index is 2.87. The van der Waals surface area contributed by atoms with Gasteiger partial charge in [-0.05, 0) is 27.0 Å². The van der Waals surface area contributed by atoms with E-state index in [0.717, 1.165) is 24.5 Å². The lowest BCUT2D eigenvalue weighted by atomic mass is 9.98. The summed E-state index contributed by atoms with van der Waals surface area (Å²) >= 11 is 0. The molecule has 1 aromatic carbocycles. The lowest BCUT2D eigenvalue weighted by molar-refractivity contribution is 0.102. The summed E-state index contributed by atoms with van der Waals surface area (Å²) in [6.45, 7) is 6.33. The fourth-order valence-electron chi connectivity index (χ4n) is 2.32. The third kappa shape index (κ3) is 4.49. The molecule has 0 aliphatic heterocycles. The fourth-order valence-corrected chi connectivity index (χ4v) is 2.32. The van der Waals surface area contributed by atoms with Crippen molar-refractivity contribution in [2.75, 3.05) is 33.9 Å². The zero-order valence-corrected chi connectivity index (χ0v) is 12.4. The van der Waals surface area contributed by atoms with Crippen molar-refractivity contribution >= 4 is 0 Å². The monoisotopic (exact) mass is 266 g/mol. The number of hydrogen-bond donors (Lipinski definition) is 1. The van der Waals surface area contributed by atoms with Gasteiger partial charge in [0.1, 0.15) is 5.75 Å². The van der Waals surface area contributed by atoms with Gasteiger partial charge in [-0.2, -0.15) is 0 Å². The molecule has 108 valence electrons. The van der Waals surface area contributed by atoms with Gasteiger partial charge in [-0.1, -0.05) is 18.2 Å². The molecule has 19 heavy (non-hydrogen) atoms. The van der Waals surface area contributed by atoms with E-state index in [-0.39, 0.29) is 12.1 Å². The summed E-state index contributed by atoms with van der Waals surface area (Å²) in [6.07, 6.45) is 0. The molecule has 1 rings (SSSR count). The standard InChI is InChI=1S/C15H26N2O2/c1-5-19-11-10-17(3)15(12(2)16)13-8-6-7-9-14(13)18-4/h6-9,12,15H,5,10-11,16H2,1-4H3. The van der Waals surface area contributed by atoms with Crippen molar-refractivity contribution in [3.8, 4) is 5.75 Å². The third-order valence-corrected chi connectivity index (χ3v) is 3.22. The molecule has 0 aliphatic carbocycles. The minimum Gasteiger partial charge on any atom is -0.496 e. The van der Waals surface area contributed by atoms with Crippen LogP contribution >= 0.6 is 0 Å². The van der Waals surface area contributed by atoms with Gasteiger partial charge < -0.3 is 15.2 Å². The van der Waals surface area contributed by atoms with Crippen molar-refractivity contribution in [2.45, 2.75) is 25.9 Å². The zero-order chi connectivity index (χ0) is 14.3. The summed E-state index contributed by atoms with van der Waals surface area (Å²) < 4.78 is 10.9. The molecule has 1 aromatic rings. The van der Waals surface area contributed by atoms with Gasteiger partial charge in [0.2, 0.25) is 0 Å². The maximum Gasteiger partial charge on any atom is 0.123 e. The van der Waals surface area contributed by atoms with E-state index in [4.69, 9.17) is 15.2 Å². The maximum atomic E-state index is 6.16. The molecule has 0 fully saturated rings. The number of nitrogens with two attached hydrogens (primary N) is 1. The van der Waals surface area contributed by atoms with E-state index in [1.54, 1.807) is 7.11 Å². The molecule has 4 nitrogen and oxygen atoms in total. The number of para-hydroxylation sites is 1. The molecular formula is C15H26N2O2. The van der Waals surface area contributed by atoms with Gasteiger partial charge in [0, 0.05) is 24.8 Å². The van der Waals surface area contributed by atoms with E-state index in [1.807, 2.05) is 32.0 Å². The van der Waals surface area contributed by atoms with Crippen LogP contribution in [0.15, 0.2) is 24.3 Å². The first kappa shape index (κ1) is 16.0. The van der Waals surface area contributed by atoms with Crippen molar-refractivity contribution in [1.82, 2.24) is 4.90 Å². The van der Waals surface area contributed by atoms with Crippen LogP contribution in [0.4, 0.5) is 0 Å². The van der Waals surface area contributed by atoms with Crippen molar-refractivity contribution < 1.29 is 9.47 Å². The van der Waals surface area contributed by atoms with Gasteiger partial charge in [-0.3, -0.25) is 4.90 Å². The molecular weight excluding hydrogens is 240 g/mol. The molecule has 2 N–H and O–H groups in total. The quantitative estimate of drug-likeness (QED) is 0.732. The van der Waals surface area contributed by atoms with Crippen LogP contribution in [0.5, 0.6) is 5.75 Å². The Bertz CT molecular complexity index is 369. The number of likely N-dealkylation sites (N-methyl/N-ethyl adjacent to an activating group) is 1. The molecule has 0 bridgehead atoms. The Kier molecular flexibility index (Phi) is 6.84. The van der Waals surface area contributed by atoms with Crippen molar-refractivity contribution in [3.05, 3.63) is 29.8 Å². The molecule has 0 aliphatic rings.